The van der Waals surface area contributed by atoms with Crippen molar-refractivity contribution in [1.82, 2.24) is 26.2 Å². The van der Waals surface area contributed by atoms with Gasteiger partial charge in [-0.2, -0.15) is 0 Å². The van der Waals surface area contributed by atoms with Crippen molar-refractivity contribution in [3.05, 3.63) is 35.6 Å². The highest BCUT2D eigenvalue weighted by Crippen LogP contribution is 2.21. The molecule has 0 saturated carbocycles. The molecule has 1 aromatic carbocycles. The van der Waals surface area contributed by atoms with Gasteiger partial charge in [-0.3, -0.25) is 24.0 Å². The Morgan fingerprint density at radius 3 is 1.81 bits per heavy atom. The van der Waals surface area contributed by atoms with Crippen molar-refractivity contribution < 1.29 is 28.4 Å². The number of rotatable bonds is 7. The zero-order valence-corrected chi connectivity index (χ0v) is 25.5. The molecule has 2 aliphatic rings. The summed E-state index contributed by atoms with van der Waals surface area (Å²) in [5.74, 6) is -3.09. The molecule has 3 rings (SSSR count). The van der Waals surface area contributed by atoms with Crippen LogP contribution in [0.25, 0.3) is 0 Å². The van der Waals surface area contributed by atoms with E-state index in [0.29, 0.717) is 37.8 Å². The number of nitrogens with zero attached hydrogens (tertiary/aromatic N) is 1. The van der Waals surface area contributed by atoms with Crippen LogP contribution < -0.4 is 21.3 Å². The van der Waals surface area contributed by atoms with Gasteiger partial charge in [0.15, 0.2) is 0 Å². The van der Waals surface area contributed by atoms with Gasteiger partial charge in [0.25, 0.3) is 0 Å². The number of fused-ring (bicyclic) bond motifs is 1. The van der Waals surface area contributed by atoms with E-state index < -0.39 is 65.6 Å². The van der Waals surface area contributed by atoms with Crippen molar-refractivity contribution in [1.29, 1.82) is 0 Å². The number of amides is 5. The van der Waals surface area contributed by atoms with E-state index in [0.717, 1.165) is 0 Å². The highest BCUT2D eigenvalue weighted by atomic mass is 19.1. The van der Waals surface area contributed by atoms with Crippen LogP contribution >= 0.6 is 0 Å². The summed E-state index contributed by atoms with van der Waals surface area (Å²) in [6.07, 6.45) is 1.71. The van der Waals surface area contributed by atoms with Crippen LogP contribution in [-0.4, -0.2) is 71.2 Å². The molecule has 1 aromatic rings. The van der Waals surface area contributed by atoms with Gasteiger partial charge >= 0.3 is 0 Å². The van der Waals surface area contributed by atoms with Crippen LogP contribution in [0.5, 0.6) is 0 Å². The molecule has 232 valence electrons. The second kappa shape index (κ2) is 14.6. The van der Waals surface area contributed by atoms with Crippen LogP contribution in [0.4, 0.5) is 4.39 Å². The molecule has 0 spiro atoms. The summed E-state index contributed by atoms with van der Waals surface area (Å²) in [6.45, 7) is 11.6. The fraction of sp³-hybridized carbons (Fsp3) is 0.645. The van der Waals surface area contributed by atoms with Crippen molar-refractivity contribution in [3.8, 4) is 0 Å². The van der Waals surface area contributed by atoms with Gasteiger partial charge in [0.2, 0.25) is 29.5 Å². The summed E-state index contributed by atoms with van der Waals surface area (Å²) in [4.78, 5) is 69.6. The Hall–Kier alpha value is -3.50. The molecule has 10 nitrogen and oxygen atoms in total. The lowest BCUT2D eigenvalue weighted by molar-refractivity contribution is -0.142. The van der Waals surface area contributed by atoms with Gasteiger partial charge in [-0.15, -0.1) is 0 Å². The van der Waals surface area contributed by atoms with E-state index in [2.05, 4.69) is 21.3 Å². The maximum absolute atomic E-state index is 14.0. The highest BCUT2D eigenvalue weighted by Gasteiger charge is 2.41. The largest absolute Gasteiger partial charge is 0.343 e. The standard InChI is InChI=1S/C31H46FN5O5/c1-17(2)14-22-27(38)35-24(16-20-9-11-21(32)12-10-20)31(42)37-13-7-8-25(37)29(40)33-23(15-18(3)4)28(39)36-26(19(5)6)30(41)34-22/h9-12,17-19,22-26H,7-8,13-16H2,1-6H3,(H,33,40)(H,34,41)(H,35,38)(H,36,39)/t22-,23?,24-,25-,26-/m0/s1. The summed E-state index contributed by atoms with van der Waals surface area (Å²) in [6, 6.07) is 0.973. The molecular formula is C31H46FN5O5. The van der Waals surface area contributed by atoms with Gasteiger partial charge in [-0.05, 0) is 61.1 Å². The molecule has 0 aliphatic carbocycles. The minimum atomic E-state index is -1.06. The van der Waals surface area contributed by atoms with Crippen molar-refractivity contribution >= 4 is 29.5 Å². The first kappa shape index (κ1) is 33.0. The van der Waals surface area contributed by atoms with E-state index in [1.165, 1.54) is 17.0 Å². The van der Waals surface area contributed by atoms with Crippen LogP contribution in [0.2, 0.25) is 0 Å². The number of carbonyl (C=O) groups excluding carboxylic acids is 5. The quantitative estimate of drug-likeness (QED) is 0.387. The number of hydrogen-bond donors (Lipinski definition) is 4. The Morgan fingerprint density at radius 1 is 0.738 bits per heavy atom. The summed E-state index contributed by atoms with van der Waals surface area (Å²) in [5.41, 5.74) is 0.629. The predicted molar refractivity (Wildman–Crippen MR) is 156 cm³/mol. The minimum Gasteiger partial charge on any atom is -0.343 e. The molecule has 5 amide bonds. The molecule has 4 N–H and O–H groups in total. The predicted octanol–water partition coefficient (Wildman–Crippen LogP) is 2.06. The van der Waals surface area contributed by atoms with E-state index in [1.807, 2.05) is 27.7 Å². The highest BCUT2D eigenvalue weighted by molar-refractivity contribution is 5.98. The first-order chi connectivity index (χ1) is 19.8. The van der Waals surface area contributed by atoms with E-state index in [1.54, 1.807) is 26.0 Å². The molecule has 1 unspecified atom stereocenters. The summed E-state index contributed by atoms with van der Waals surface area (Å²) >= 11 is 0. The second-order valence-electron chi connectivity index (χ2n) is 12.7. The number of hydrogen-bond acceptors (Lipinski definition) is 5. The molecular weight excluding hydrogens is 541 g/mol. The second-order valence-corrected chi connectivity index (χ2v) is 12.7. The number of carbonyl (C=O) groups is 5. The number of benzene rings is 1. The lowest BCUT2D eigenvalue weighted by Crippen LogP contribution is -2.59. The van der Waals surface area contributed by atoms with Crippen LogP contribution in [-0.2, 0) is 30.4 Å². The molecule has 0 aromatic heterocycles. The first-order valence-electron chi connectivity index (χ1n) is 15.0. The molecule has 2 saturated heterocycles. The van der Waals surface area contributed by atoms with Gasteiger partial charge in [0.05, 0.1) is 0 Å². The normalized spacial score (nSPS) is 26.4. The maximum Gasteiger partial charge on any atom is 0.246 e. The maximum atomic E-state index is 14.0. The summed E-state index contributed by atoms with van der Waals surface area (Å²) < 4.78 is 13.6. The van der Waals surface area contributed by atoms with Crippen LogP contribution in [0.3, 0.4) is 0 Å². The topological polar surface area (TPSA) is 137 Å². The van der Waals surface area contributed by atoms with Gasteiger partial charge < -0.3 is 26.2 Å². The molecule has 0 bridgehead atoms. The van der Waals surface area contributed by atoms with E-state index >= 15 is 0 Å². The Labute approximate surface area is 247 Å². The zero-order valence-electron chi connectivity index (χ0n) is 25.5. The molecule has 2 fully saturated rings. The van der Waals surface area contributed by atoms with E-state index in [4.69, 9.17) is 0 Å². The van der Waals surface area contributed by atoms with Gasteiger partial charge in [0, 0.05) is 13.0 Å². The average Bonchev–Trinajstić information content (AvgIpc) is 3.40. The van der Waals surface area contributed by atoms with Crippen LogP contribution in [0.15, 0.2) is 24.3 Å². The smallest absolute Gasteiger partial charge is 0.246 e. The molecule has 5 atom stereocenters. The number of nitrogens with one attached hydrogen (secondary N) is 4. The van der Waals surface area contributed by atoms with E-state index in [-0.39, 0.29) is 24.2 Å². The van der Waals surface area contributed by atoms with Crippen LogP contribution in [0, 0.1) is 23.6 Å². The molecule has 42 heavy (non-hydrogen) atoms. The Kier molecular flexibility index (Phi) is 11.5. The number of halogens is 1. The molecule has 2 heterocycles. The average molecular weight is 588 g/mol. The van der Waals surface area contributed by atoms with E-state index in [9.17, 15) is 28.4 Å². The lowest BCUT2D eigenvalue weighted by Gasteiger charge is -2.30. The summed E-state index contributed by atoms with van der Waals surface area (Å²) in [5, 5.41) is 11.3. The third-order valence-corrected chi connectivity index (χ3v) is 7.73. The van der Waals surface area contributed by atoms with Crippen molar-refractivity contribution in [2.75, 3.05) is 6.54 Å². The SMILES string of the molecule is CC(C)CC1NC(=O)[C@@H]2CCCN2C(=O)[C@H](Cc2ccc(F)cc2)NC(=O)[C@H](CC(C)C)NC(=O)[C@H](C(C)C)NC1=O. The molecule has 2 aliphatic heterocycles. The minimum absolute atomic E-state index is 0.0293. The molecule has 11 heteroatoms. The van der Waals surface area contributed by atoms with Crippen molar-refractivity contribution in [2.45, 2.75) is 104 Å². The van der Waals surface area contributed by atoms with Crippen LogP contribution in [0.1, 0.15) is 72.8 Å². The third-order valence-electron chi connectivity index (χ3n) is 7.73. The van der Waals surface area contributed by atoms with Gasteiger partial charge in [-0.25, -0.2) is 4.39 Å². The van der Waals surface area contributed by atoms with Gasteiger partial charge in [0.1, 0.15) is 36.0 Å². The van der Waals surface area contributed by atoms with Crippen molar-refractivity contribution in [3.63, 3.8) is 0 Å². The monoisotopic (exact) mass is 587 g/mol. The summed E-state index contributed by atoms with van der Waals surface area (Å²) in [7, 11) is 0. The van der Waals surface area contributed by atoms with Crippen molar-refractivity contribution in [2.24, 2.45) is 17.8 Å². The fourth-order valence-electron chi connectivity index (χ4n) is 5.56. The Balaban J connectivity index is 2.05. The lowest BCUT2D eigenvalue weighted by atomic mass is 9.98. The van der Waals surface area contributed by atoms with Gasteiger partial charge in [-0.1, -0.05) is 53.7 Å². The Morgan fingerprint density at radius 2 is 1.26 bits per heavy atom. The molecule has 0 radical (unpaired) electrons. The first-order valence-corrected chi connectivity index (χ1v) is 15.0. The third kappa shape index (κ3) is 8.75. The zero-order chi connectivity index (χ0) is 31.1. The Bertz CT molecular complexity index is 1140. The fourth-order valence-corrected chi connectivity index (χ4v) is 5.56.